The number of hydrogen-bond acceptors (Lipinski definition) is 4. The molecule has 1 aliphatic carbocycles. The maximum Gasteiger partial charge on any atom is 0.169 e. The van der Waals surface area contributed by atoms with Gasteiger partial charge in [-0.3, -0.25) is 10.5 Å². The van der Waals surface area contributed by atoms with E-state index in [1.165, 1.54) is 7.11 Å². The monoisotopic (exact) mass is 299 g/mol. The van der Waals surface area contributed by atoms with Crippen LogP contribution < -0.4 is 5.73 Å². The second-order valence-electron chi connectivity index (χ2n) is 5.19. The molecule has 1 saturated carbocycles. The van der Waals surface area contributed by atoms with Crippen LogP contribution in [-0.4, -0.2) is 24.6 Å². The largest absolute Gasteiger partial charge is 0.388 e. The van der Waals surface area contributed by atoms with E-state index in [-0.39, 0.29) is 18.3 Å². The number of nitrogens with two attached hydrogens (primary N) is 1. The lowest BCUT2D eigenvalue weighted by Gasteiger charge is -2.37. The number of carbonyl (C=O) groups is 1. The normalized spacial score (nSPS) is 19.9. The van der Waals surface area contributed by atoms with E-state index in [0.29, 0.717) is 11.1 Å². The van der Waals surface area contributed by atoms with Gasteiger partial charge in [-0.05, 0) is 18.8 Å². The highest BCUT2D eigenvalue weighted by Crippen LogP contribution is 2.36. The molecule has 0 saturated heterocycles. The molecule has 4 nitrogen and oxygen atoms in total. The molecule has 0 aromatic heterocycles. The summed E-state index contributed by atoms with van der Waals surface area (Å²) >= 11 is 0. The minimum absolute atomic E-state index is 0. The molecule has 2 rings (SSSR count). The molecule has 1 aromatic carbocycles. The molecular weight excluding hydrogens is 278 g/mol. The summed E-state index contributed by atoms with van der Waals surface area (Å²) in [7, 11) is 1.47. The van der Waals surface area contributed by atoms with Gasteiger partial charge in [0, 0.05) is 18.2 Å². The highest BCUT2D eigenvalue weighted by molar-refractivity contribution is 5.85. The fraction of sp³-hybridized carbons (Fsp3) is 0.533. The van der Waals surface area contributed by atoms with Crippen molar-refractivity contribution in [1.82, 2.24) is 0 Å². The third-order valence-electron chi connectivity index (χ3n) is 4.13. The maximum atomic E-state index is 11.1. The van der Waals surface area contributed by atoms with E-state index >= 15 is 0 Å². The molecule has 5 heteroatoms. The second-order valence-corrected chi connectivity index (χ2v) is 5.19. The van der Waals surface area contributed by atoms with Crippen LogP contribution in [0.4, 0.5) is 0 Å². The van der Waals surface area contributed by atoms with Crippen LogP contribution in [0.25, 0.3) is 0 Å². The van der Waals surface area contributed by atoms with Gasteiger partial charge in [-0.1, -0.05) is 37.1 Å². The van der Waals surface area contributed by atoms with E-state index in [9.17, 15) is 9.90 Å². The molecular formula is C15H22ClNO3. The van der Waals surface area contributed by atoms with Crippen LogP contribution in [0, 0.1) is 5.92 Å². The van der Waals surface area contributed by atoms with Crippen molar-refractivity contribution in [2.75, 3.05) is 7.11 Å². The Kier molecular flexibility index (Phi) is 6.14. The third-order valence-corrected chi connectivity index (χ3v) is 4.13. The number of methoxy groups -OCH3 is 1. The Labute approximate surface area is 125 Å². The minimum atomic E-state index is -1.33. The van der Waals surface area contributed by atoms with Crippen molar-refractivity contribution < 1.29 is 14.6 Å². The lowest BCUT2D eigenvalue weighted by molar-refractivity contribution is -0.126. The highest BCUT2D eigenvalue weighted by Gasteiger charge is 2.42. The summed E-state index contributed by atoms with van der Waals surface area (Å²) in [4.78, 5) is 11.1. The Morgan fingerprint density at radius 1 is 1.40 bits per heavy atom. The molecule has 1 fully saturated rings. The number of hydrogen-bond donors (Lipinski definition) is 2. The van der Waals surface area contributed by atoms with Crippen molar-refractivity contribution in [2.24, 2.45) is 11.7 Å². The van der Waals surface area contributed by atoms with Gasteiger partial charge in [-0.2, -0.15) is 0 Å². The number of benzene rings is 1. The minimum Gasteiger partial charge on any atom is -0.388 e. The number of aldehydes is 1. The molecule has 0 heterocycles. The van der Waals surface area contributed by atoms with Crippen molar-refractivity contribution >= 4 is 18.7 Å². The molecule has 0 bridgehead atoms. The first-order valence-corrected chi connectivity index (χ1v) is 6.70. The summed E-state index contributed by atoms with van der Waals surface area (Å²) in [6.45, 7) is 0. The topological polar surface area (TPSA) is 72.5 Å². The molecule has 0 amide bonds. The number of rotatable bonds is 5. The fourth-order valence-electron chi connectivity index (χ4n) is 2.97. The SMILES string of the molecule is CO[C@](N)(c1ccccc1C=O)[C@H](O)C1CCCC1.Cl. The Balaban J connectivity index is 0.00000200. The lowest BCUT2D eigenvalue weighted by atomic mass is 9.85. The Bertz CT molecular complexity index is 448. The van der Waals surface area contributed by atoms with E-state index in [0.717, 1.165) is 32.0 Å². The molecule has 0 aliphatic heterocycles. The summed E-state index contributed by atoms with van der Waals surface area (Å²) in [6, 6.07) is 6.99. The Hall–Kier alpha value is -0.940. The number of aliphatic hydroxyl groups is 1. The van der Waals surface area contributed by atoms with Gasteiger partial charge in [0.05, 0.1) is 0 Å². The van der Waals surface area contributed by atoms with Crippen LogP contribution in [0.15, 0.2) is 24.3 Å². The predicted octanol–water partition coefficient (Wildman–Crippen LogP) is 2.23. The van der Waals surface area contributed by atoms with Crippen molar-refractivity contribution in [2.45, 2.75) is 37.5 Å². The van der Waals surface area contributed by atoms with Gasteiger partial charge in [0.1, 0.15) is 12.4 Å². The number of halogens is 1. The summed E-state index contributed by atoms with van der Waals surface area (Å²) in [5, 5.41) is 10.6. The lowest BCUT2D eigenvalue weighted by Crippen LogP contribution is -2.52. The van der Waals surface area contributed by atoms with E-state index in [1.54, 1.807) is 24.3 Å². The second kappa shape index (κ2) is 7.18. The average Bonchev–Trinajstić information content (AvgIpc) is 2.99. The first kappa shape index (κ1) is 17.1. The van der Waals surface area contributed by atoms with Crippen LogP contribution in [0.1, 0.15) is 41.6 Å². The van der Waals surface area contributed by atoms with Gasteiger partial charge in [0.2, 0.25) is 0 Å². The first-order valence-electron chi connectivity index (χ1n) is 6.70. The van der Waals surface area contributed by atoms with Crippen molar-refractivity contribution in [1.29, 1.82) is 0 Å². The highest BCUT2D eigenvalue weighted by atomic mass is 35.5. The van der Waals surface area contributed by atoms with Crippen molar-refractivity contribution in [3.05, 3.63) is 35.4 Å². The van der Waals surface area contributed by atoms with E-state index < -0.39 is 11.8 Å². The summed E-state index contributed by atoms with van der Waals surface area (Å²) in [6.07, 6.45) is 4.06. The van der Waals surface area contributed by atoms with Gasteiger partial charge in [0.25, 0.3) is 0 Å². The third kappa shape index (κ3) is 3.04. The molecule has 0 radical (unpaired) electrons. The fourth-order valence-corrected chi connectivity index (χ4v) is 2.97. The summed E-state index contributed by atoms with van der Waals surface area (Å²) in [5.74, 6) is 0.129. The molecule has 2 atom stereocenters. The number of carbonyl (C=O) groups excluding carboxylic acids is 1. The van der Waals surface area contributed by atoms with Gasteiger partial charge in [0.15, 0.2) is 5.72 Å². The number of ether oxygens (including phenoxy) is 1. The smallest absolute Gasteiger partial charge is 0.169 e. The van der Waals surface area contributed by atoms with Crippen molar-refractivity contribution in [3.63, 3.8) is 0 Å². The Morgan fingerprint density at radius 2 is 2.00 bits per heavy atom. The number of aliphatic hydroxyl groups excluding tert-OH is 1. The van der Waals surface area contributed by atoms with Crippen molar-refractivity contribution in [3.8, 4) is 0 Å². The van der Waals surface area contributed by atoms with E-state index in [1.807, 2.05) is 0 Å². The molecule has 112 valence electrons. The molecule has 0 unspecified atom stereocenters. The zero-order valence-electron chi connectivity index (χ0n) is 11.6. The maximum absolute atomic E-state index is 11.1. The predicted molar refractivity (Wildman–Crippen MR) is 79.9 cm³/mol. The van der Waals surface area contributed by atoms with Crippen LogP contribution in [0.5, 0.6) is 0 Å². The zero-order valence-corrected chi connectivity index (χ0v) is 12.4. The van der Waals surface area contributed by atoms with E-state index in [2.05, 4.69) is 0 Å². The van der Waals surface area contributed by atoms with Crippen LogP contribution >= 0.6 is 12.4 Å². The standard InChI is InChI=1S/C15H21NO3.ClH/c1-19-15(16,14(18)11-6-2-3-7-11)13-9-5-4-8-12(13)10-17;/h4-5,8-11,14,18H,2-3,6-7,16H2,1H3;1H/t14-,15-;/m1./s1. The molecule has 20 heavy (non-hydrogen) atoms. The molecule has 1 aliphatic rings. The van der Waals surface area contributed by atoms with Gasteiger partial charge in [-0.15, -0.1) is 12.4 Å². The van der Waals surface area contributed by atoms with Crippen LogP contribution in [0.3, 0.4) is 0 Å². The van der Waals surface area contributed by atoms with Gasteiger partial charge in [-0.25, -0.2) is 0 Å². The van der Waals surface area contributed by atoms with Crippen LogP contribution in [-0.2, 0) is 10.5 Å². The summed E-state index contributed by atoms with van der Waals surface area (Å²) in [5.41, 5.74) is 5.97. The molecule has 0 spiro atoms. The first-order chi connectivity index (χ1) is 9.13. The van der Waals surface area contributed by atoms with E-state index in [4.69, 9.17) is 10.5 Å². The van der Waals surface area contributed by atoms with Gasteiger partial charge < -0.3 is 9.84 Å². The quantitative estimate of drug-likeness (QED) is 0.646. The Morgan fingerprint density at radius 3 is 2.55 bits per heavy atom. The van der Waals surface area contributed by atoms with Crippen LogP contribution in [0.2, 0.25) is 0 Å². The van der Waals surface area contributed by atoms with Gasteiger partial charge >= 0.3 is 0 Å². The molecule has 1 aromatic rings. The molecule has 3 N–H and O–H groups in total. The zero-order chi connectivity index (χ0) is 13.9. The average molecular weight is 300 g/mol. The summed E-state index contributed by atoms with van der Waals surface area (Å²) < 4.78 is 5.41.